The average Bonchev–Trinajstić information content (AvgIpc) is 2.94. The fraction of sp³-hybridized carbons (Fsp3) is 0.267. The summed E-state index contributed by atoms with van der Waals surface area (Å²) in [5, 5.41) is 13.4. The smallest absolute Gasteiger partial charge is 0.391 e. The SMILES string of the molecule is O=C(CNC(=O)c1cc2ccccc2[nH]1)NC(CC(F)(F)F)C(=O)O. The van der Waals surface area contributed by atoms with Gasteiger partial charge in [-0.2, -0.15) is 13.2 Å². The minimum Gasteiger partial charge on any atom is -0.480 e. The number of benzene rings is 1. The van der Waals surface area contributed by atoms with Crippen LogP contribution in [0, 0.1) is 0 Å². The number of H-pyrrole nitrogens is 1. The Labute approximate surface area is 139 Å². The lowest BCUT2D eigenvalue weighted by molar-refractivity contribution is -0.159. The van der Waals surface area contributed by atoms with E-state index in [4.69, 9.17) is 5.11 Å². The number of aromatic nitrogens is 1. The van der Waals surface area contributed by atoms with Gasteiger partial charge in [0.25, 0.3) is 5.91 Å². The van der Waals surface area contributed by atoms with Crippen LogP contribution >= 0.6 is 0 Å². The third-order valence-corrected chi connectivity index (χ3v) is 3.25. The standard InChI is InChI=1S/C15H14F3N3O4/c16-15(17,18)6-11(14(24)25)21-12(22)7-19-13(23)10-5-8-3-1-2-4-9(8)20-10/h1-5,11,20H,6-7H2,(H,19,23)(H,21,22)(H,24,25). The molecule has 2 aromatic rings. The molecule has 1 aromatic heterocycles. The number of nitrogens with one attached hydrogen (secondary N) is 3. The first-order valence-corrected chi connectivity index (χ1v) is 7.10. The second-order valence-electron chi connectivity index (χ2n) is 5.23. The molecular formula is C15H14F3N3O4. The van der Waals surface area contributed by atoms with Crippen molar-refractivity contribution in [2.24, 2.45) is 0 Å². The van der Waals surface area contributed by atoms with E-state index in [-0.39, 0.29) is 5.69 Å². The molecule has 2 rings (SSSR count). The number of aliphatic carboxylic acids is 1. The van der Waals surface area contributed by atoms with Gasteiger partial charge in [-0.15, -0.1) is 0 Å². The largest absolute Gasteiger partial charge is 0.480 e. The van der Waals surface area contributed by atoms with Crippen LogP contribution in [0.5, 0.6) is 0 Å². The Bertz CT molecular complexity index is 768. The van der Waals surface area contributed by atoms with E-state index in [0.717, 1.165) is 5.39 Å². The highest BCUT2D eigenvalue weighted by atomic mass is 19.4. The maximum Gasteiger partial charge on any atom is 0.391 e. The molecule has 0 aliphatic carbocycles. The molecule has 0 saturated heterocycles. The molecular weight excluding hydrogens is 343 g/mol. The highest BCUT2D eigenvalue weighted by Gasteiger charge is 2.36. The van der Waals surface area contributed by atoms with Gasteiger partial charge >= 0.3 is 12.1 Å². The Morgan fingerprint density at radius 3 is 2.48 bits per heavy atom. The van der Waals surface area contributed by atoms with Crippen LogP contribution in [-0.4, -0.2) is 46.6 Å². The Hall–Kier alpha value is -3.04. The minimum atomic E-state index is -4.75. The van der Waals surface area contributed by atoms with Crippen molar-refractivity contribution in [3.63, 3.8) is 0 Å². The number of hydrogen-bond donors (Lipinski definition) is 4. The molecule has 1 atom stereocenters. The quantitative estimate of drug-likeness (QED) is 0.626. The van der Waals surface area contributed by atoms with Crippen molar-refractivity contribution in [3.05, 3.63) is 36.0 Å². The van der Waals surface area contributed by atoms with Gasteiger partial charge in [0.05, 0.1) is 13.0 Å². The maximum absolute atomic E-state index is 12.3. The van der Waals surface area contributed by atoms with Crippen LogP contribution in [-0.2, 0) is 9.59 Å². The molecule has 0 saturated carbocycles. The zero-order valence-corrected chi connectivity index (χ0v) is 12.7. The Balaban J connectivity index is 1.92. The molecule has 0 spiro atoms. The number of amides is 2. The van der Waals surface area contributed by atoms with Crippen molar-refractivity contribution in [1.29, 1.82) is 0 Å². The second-order valence-corrected chi connectivity index (χ2v) is 5.23. The molecule has 4 N–H and O–H groups in total. The van der Waals surface area contributed by atoms with Gasteiger partial charge in [-0.1, -0.05) is 18.2 Å². The highest BCUT2D eigenvalue weighted by Crippen LogP contribution is 2.21. The Morgan fingerprint density at radius 1 is 1.20 bits per heavy atom. The van der Waals surface area contributed by atoms with E-state index in [1.54, 1.807) is 35.6 Å². The van der Waals surface area contributed by atoms with Gasteiger partial charge in [0.15, 0.2) is 0 Å². The van der Waals surface area contributed by atoms with Crippen molar-refractivity contribution < 1.29 is 32.7 Å². The summed E-state index contributed by atoms with van der Waals surface area (Å²) in [6, 6.07) is 6.49. The second kappa shape index (κ2) is 7.24. The average molecular weight is 357 g/mol. The predicted octanol–water partition coefficient (Wildman–Crippen LogP) is 1.42. The molecule has 0 aliphatic heterocycles. The van der Waals surface area contributed by atoms with Gasteiger partial charge < -0.3 is 20.7 Å². The topological polar surface area (TPSA) is 111 Å². The zero-order chi connectivity index (χ0) is 18.6. The Morgan fingerprint density at radius 2 is 1.88 bits per heavy atom. The number of fused-ring (bicyclic) bond motifs is 1. The molecule has 1 heterocycles. The van der Waals surface area contributed by atoms with E-state index in [1.807, 2.05) is 0 Å². The molecule has 25 heavy (non-hydrogen) atoms. The molecule has 0 bridgehead atoms. The van der Waals surface area contributed by atoms with E-state index in [2.05, 4.69) is 10.3 Å². The summed E-state index contributed by atoms with van der Waals surface area (Å²) < 4.78 is 36.8. The van der Waals surface area contributed by atoms with Crippen molar-refractivity contribution in [1.82, 2.24) is 15.6 Å². The summed E-state index contributed by atoms with van der Waals surface area (Å²) in [5.41, 5.74) is 0.868. The van der Waals surface area contributed by atoms with Crippen molar-refractivity contribution >= 4 is 28.7 Å². The first-order valence-electron chi connectivity index (χ1n) is 7.10. The summed E-state index contributed by atoms with van der Waals surface area (Å²) in [6.07, 6.45) is -6.45. The number of alkyl halides is 3. The number of halogens is 3. The molecule has 0 aliphatic rings. The van der Waals surface area contributed by atoms with Gasteiger partial charge in [-0.25, -0.2) is 4.79 Å². The molecule has 7 nitrogen and oxygen atoms in total. The lowest BCUT2D eigenvalue weighted by Crippen LogP contribution is -2.47. The summed E-state index contributed by atoms with van der Waals surface area (Å²) in [5.74, 6) is -3.50. The molecule has 134 valence electrons. The molecule has 2 amide bonds. The van der Waals surface area contributed by atoms with E-state index in [0.29, 0.717) is 5.52 Å². The summed E-state index contributed by atoms with van der Waals surface area (Å²) in [6.45, 7) is -0.657. The number of carboxylic acid groups (broad SMARTS) is 1. The summed E-state index contributed by atoms with van der Waals surface area (Å²) >= 11 is 0. The maximum atomic E-state index is 12.3. The van der Waals surface area contributed by atoms with Gasteiger partial charge in [0.1, 0.15) is 11.7 Å². The van der Waals surface area contributed by atoms with Crippen LogP contribution < -0.4 is 10.6 Å². The van der Waals surface area contributed by atoms with Crippen molar-refractivity contribution in [2.75, 3.05) is 6.54 Å². The normalized spacial score (nSPS) is 12.6. The molecule has 1 unspecified atom stereocenters. The van der Waals surface area contributed by atoms with Crippen LogP contribution in [0.2, 0.25) is 0 Å². The molecule has 1 aromatic carbocycles. The zero-order valence-electron chi connectivity index (χ0n) is 12.7. The number of para-hydroxylation sites is 1. The first kappa shape index (κ1) is 18.3. The molecule has 0 fully saturated rings. The number of carboxylic acids is 1. The fourth-order valence-electron chi connectivity index (χ4n) is 2.13. The van der Waals surface area contributed by atoms with Crippen LogP contribution in [0.25, 0.3) is 10.9 Å². The van der Waals surface area contributed by atoms with Gasteiger partial charge in [-0.05, 0) is 12.1 Å². The predicted molar refractivity (Wildman–Crippen MR) is 80.9 cm³/mol. The third kappa shape index (κ3) is 5.23. The van der Waals surface area contributed by atoms with Crippen LogP contribution in [0.3, 0.4) is 0 Å². The van der Waals surface area contributed by atoms with Crippen LogP contribution in [0.4, 0.5) is 13.2 Å². The number of rotatable bonds is 6. The monoisotopic (exact) mass is 357 g/mol. The Kier molecular flexibility index (Phi) is 5.30. The van der Waals surface area contributed by atoms with E-state index < -0.39 is 43.0 Å². The number of carbonyl (C=O) groups excluding carboxylic acids is 2. The number of carbonyl (C=O) groups is 3. The van der Waals surface area contributed by atoms with E-state index in [1.165, 1.54) is 0 Å². The van der Waals surface area contributed by atoms with Crippen LogP contribution in [0.15, 0.2) is 30.3 Å². The minimum absolute atomic E-state index is 0.166. The van der Waals surface area contributed by atoms with Gasteiger partial charge in [0, 0.05) is 10.9 Å². The van der Waals surface area contributed by atoms with E-state index >= 15 is 0 Å². The summed E-state index contributed by atoms with van der Waals surface area (Å²) in [4.78, 5) is 37.1. The summed E-state index contributed by atoms with van der Waals surface area (Å²) in [7, 11) is 0. The third-order valence-electron chi connectivity index (χ3n) is 3.25. The first-order chi connectivity index (χ1) is 11.7. The number of hydrogen-bond acceptors (Lipinski definition) is 3. The number of aromatic amines is 1. The lowest BCUT2D eigenvalue weighted by atomic mass is 10.2. The van der Waals surface area contributed by atoms with E-state index in [9.17, 15) is 27.6 Å². The highest BCUT2D eigenvalue weighted by molar-refractivity contribution is 5.99. The van der Waals surface area contributed by atoms with Crippen molar-refractivity contribution in [2.45, 2.75) is 18.6 Å². The lowest BCUT2D eigenvalue weighted by Gasteiger charge is -2.16. The molecule has 10 heteroatoms. The van der Waals surface area contributed by atoms with Gasteiger partial charge in [-0.3, -0.25) is 9.59 Å². The van der Waals surface area contributed by atoms with Crippen LogP contribution in [0.1, 0.15) is 16.9 Å². The van der Waals surface area contributed by atoms with Gasteiger partial charge in [0.2, 0.25) is 5.91 Å². The molecule has 0 radical (unpaired) electrons. The fourth-order valence-corrected chi connectivity index (χ4v) is 2.13. The van der Waals surface area contributed by atoms with Crippen molar-refractivity contribution in [3.8, 4) is 0 Å².